The molecule has 1 aromatic carbocycles. The average molecular weight is 330 g/mol. The molecule has 1 aromatic rings. The van der Waals surface area contributed by atoms with Gasteiger partial charge in [-0.05, 0) is 86.0 Å². The van der Waals surface area contributed by atoms with Gasteiger partial charge in [-0.2, -0.15) is 0 Å². The standard InChI is InChI=1S/C21H30O3/c1-3-10-20(24)11-12-21(4-2)17(14-20)7-5-6-15-13-16(19(22)23)8-9-18(15)21/h8-9,13,17,24H,3-7,10-12,14H2,1-2H3,(H,22,23)/t17-,20-,21+/m1/s1. The van der Waals surface area contributed by atoms with Gasteiger partial charge in [0.15, 0.2) is 0 Å². The number of aryl methyl sites for hydroxylation is 1. The monoisotopic (exact) mass is 330 g/mol. The van der Waals surface area contributed by atoms with Gasteiger partial charge in [0, 0.05) is 0 Å². The molecule has 24 heavy (non-hydrogen) atoms. The van der Waals surface area contributed by atoms with E-state index in [4.69, 9.17) is 0 Å². The van der Waals surface area contributed by atoms with Crippen LogP contribution in [0, 0.1) is 5.92 Å². The fraction of sp³-hybridized carbons (Fsp3) is 0.667. The minimum atomic E-state index is -0.842. The minimum absolute atomic E-state index is 0.114. The third-order valence-electron chi connectivity index (χ3n) is 6.68. The number of fused-ring (bicyclic) bond motifs is 3. The van der Waals surface area contributed by atoms with Crippen molar-refractivity contribution in [3.05, 3.63) is 34.9 Å². The molecule has 0 saturated heterocycles. The smallest absolute Gasteiger partial charge is 0.335 e. The van der Waals surface area contributed by atoms with Crippen molar-refractivity contribution in [1.29, 1.82) is 0 Å². The van der Waals surface area contributed by atoms with E-state index in [-0.39, 0.29) is 5.41 Å². The molecule has 0 aliphatic heterocycles. The number of carbonyl (C=O) groups is 1. The van der Waals surface area contributed by atoms with Crippen LogP contribution in [-0.2, 0) is 11.8 Å². The van der Waals surface area contributed by atoms with E-state index < -0.39 is 11.6 Å². The Morgan fingerprint density at radius 2 is 2.08 bits per heavy atom. The Kier molecular flexibility index (Phi) is 4.74. The van der Waals surface area contributed by atoms with Gasteiger partial charge in [0.2, 0.25) is 0 Å². The average Bonchev–Trinajstić information content (AvgIpc) is 2.70. The summed E-state index contributed by atoms with van der Waals surface area (Å²) >= 11 is 0. The van der Waals surface area contributed by atoms with E-state index in [0.717, 1.165) is 57.8 Å². The van der Waals surface area contributed by atoms with E-state index in [1.165, 1.54) is 11.1 Å². The van der Waals surface area contributed by atoms with Crippen molar-refractivity contribution >= 4 is 5.97 Å². The Morgan fingerprint density at radius 1 is 1.29 bits per heavy atom. The highest BCUT2D eigenvalue weighted by Gasteiger charge is 2.49. The van der Waals surface area contributed by atoms with E-state index in [0.29, 0.717) is 11.5 Å². The Hall–Kier alpha value is -1.35. The first-order chi connectivity index (χ1) is 11.4. The zero-order valence-corrected chi connectivity index (χ0v) is 15.0. The largest absolute Gasteiger partial charge is 0.478 e. The van der Waals surface area contributed by atoms with Gasteiger partial charge in [-0.1, -0.05) is 26.3 Å². The summed E-state index contributed by atoms with van der Waals surface area (Å²) < 4.78 is 0. The molecule has 132 valence electrons. The SMILES string of the molecule is CCC[C@@]1(O)CC[C@]2(CC)c3ccc(C(=O)O)cc3CCC[C@@H]2C1. The number of hydrogen-bond donors (Lipinski definition) is 2. The molecule has 0 spiro atoms. The fourth-order valence-corrected chi connectivity index (χ4v) is 5.46. The van der Waals surface area contributed by atoms with Crippen LogP contribution in [0.2, 0.25) is 0 Å². The van der Waals surface area contributed by atoms with Gasteiger partial charge in [0.1, 0.15) is 0 Å². The van der Waals surface area contributed by atoms with Crippen LogP contribution in [0.4, 0.5) is 0 Å². The first-order valence-corrected chi connectivity index (χ1v) is 9.53. The van der Waals surface area contributed by atoms with Crippen LogP contribution >= 0.6 is 0 Å². The Morgan fingerprint density at radius 3 is 2.75 bits per heavy atom. The second-order valence-electron chi connectivity index (χ2n) is 7.95. The molecule has 3 rings (SSSR count). The topological polar surface area (TPSA) is 57.5 Å². The van der Waals surface area contributed by atoms with Gasteiger partial charge < -0.3 is 10.2 Å². The number of rotatable bonds is 4. The summed E-state index contributed by atoms with van der Waals surface area (Å²) in [6.45, 7) is 4.41. The summed E-state index contributed by atoms with van der Waals surface area (Å²) in [5, 5.41) is 20.3. The van der Waals surface area contributed by atoms with E-state index in [1.54, 1.807) is 6.07 Å². The van der Waals surface area contributed by atoms with Crippen molar-refractivity contribution in [2.45, 2.75) is 82.7 Å². The third-order valence-corrected chi connectivity index (χ3v) is 6.68. The summed E-state index contributed by atoms with van der Waals surface area (Å²) in [5.41, 5.74) is 2.60. The number of benzene rings is 1. The molecule has 0 aromatic heterocycles. The molecule has 0 heterocycles. The summed E-state index contributed by atoms with van der Waals surface area (Å²) in [6, 6.07) is 5.74. The van der Waals surface area contributed by atoms with E-state index in [1.807, 2.05) is 6.07 Å². The normalized spacial score (nSPS) is 32.5. The molecular formula is C21H30O3. The maximum absolute atomic E-state index is 11.3. The minimum Gasteiger partial charge on any atom is -0.478 e. The van der Waals surface area contributed by atoms with Crippen LogP contribution in [-0.4, -0.2) is 21.8 Å². The Bertz CT molecular complexity index is 624. The van der Waals surface area contributed by atoms with Crippen molar-refractivity contribution in [2.24, 2.45) is 5.92 Å². The van der Waals surface area contributed by atoms with Crippen molar-refractivity contribution < 1.29 is 15.0 Å². The second kappa shape index (κ2) is 6.51. The molecule has 2 N–H and O–H groups in total. The lowest BCUT2D eigenvalue weighted by atomic mass is 9.56. The van der Waals surface area contributed by atoms with Gasteiger partial charge in [-0.15, -0.1) is 0 Å². The molecule has 3 atom stereocenters. The van der Waals surface area contributed by atoms with Crippen molar-refractivity contribution in [3.8, 4) is 0 Å². The fourth-order valence-electron chi connectivity index (χ4n) is 5.46. The quantitative estimate of drug-likeness (QED) is 0.841. The van der Waals surface area contributed by atoms with Gasteiger partial charge in [0.25, 0.3) is 0 Å². The number of carboxylic acid groups (broad SMARTS) is 1. The Balaban J connectivity index is 2.02. The van der Waals surface area contributed by atoms with Crippen molar-refractivity contribution in [3.63, 3.8) is 0 Å². The number of aliphatic hydroxyl groups is 1. The highest BCUT2D eigenvalue weighted by molar-refractivity contribution is 5.88. The summed E-state index contributed by atoms with van der Waals surface area (Å²) in [7, 11) is 0. The summed E-state index contributed by atoms with van der Waals surface area (Å²) in [5.74, 6) is -0.338. The van der Waals surface area contributed by atoms with E-state index in [2.05, 4.69) is 19.9 Å². The zero-order chi connectivity index (χ0) is 17.4. The third kappa shape index (κ3) is 2.88. The van der Waals surface area contributed by atoms with Crippen LogP contribution in [0.15, 0.2) is 18.2 Å². The highest BCUT2D eigenvalue weighted by atomic mass is 16.4. The van der Waals surface area contributed by atoms with Gasteiger partial charge in [0.05, 0.1) is 11.2 Å². The first-order valence-electron chi connectivity index (χ1n) is 9.53. The highest BCUT2D eigenvalue weighted by Crippen LogP contribution is 2.54. The van der Waals surface area contributed by atoms with Gasteiger partial charge in [-0.25, -0.2) is 4.79 Å². The number of carboxylic acids is 1. The predicted octanol–water partition coefficient (Wildman–Crippen LogP) is 4.70. The summed E-state index contributed by atoms with van der Waals surface area (Å²) in [4.78, 5) is 11.3. The molecule has 1 saturated carbocycles. The Labute approximate surface area is 145 Å². The van der Waals surface area contributed by atoms with Crippen molar-refractivity contribution in [2.75, 3.05) is 0 Å². The van der Waals surface area contributed by atoms with Gasteiger partial charge >= 0.3 is 5.97 Å². The lowest BCUT2D eigenvalue weighted by Gasteiger charge is -2.50. The zero-order valence-electron chi connectivity index (χ0n) is 15.0. The summed E-state index contributed by atoms with van der Waals surface area (Å²) in [6.07, 6.45) is 8.96. The molecule has 0 radical (unpaired) electrons. The molecule has 2 aliphatic rings. The molecule has 0 bridgehead atoms. The van der Waals surface area contributed by atoms with Crippen LogP contribution in [0.3, 0.4) is 0 Å². The number of aromatic carboxylic acids is 1. The second-order valence-corrected chi connectivity index (χ2v) is 7.95. The lowest BCUT2D eigenvalue weighted by molar-refractivity contribution is -0.0542. The molecule has 1 fully saturated rings. The molecule has 0 unspecified atom stereocenters. The molecule has 0 amide bonds. The van der Waals surface area contributed by atoms with Crippen LogP contribution in [0.25, 0.3) is 0 Å². The lowest BCUT2D eigenvalue weighted by Crippen LogP contribution is -2.47. The number of hydrogen-bond acceptors (Lipinski definition) is 2. The molecular weight excluding hydrogens is 300 g/mol. The molecule has 3 heteroatoms. The maximum Gasteiger partial charge on any atom is 0.335 e. The van der Waals surface area contributed by atoms with Crippen LogP contribution < -0.4 is 0 Å². The molecule has 2 aliphatic carbocycles. The first kappa shape index (κ1) is 17.5. The van der Waals surface area contributed by atoms with Crippen LogP contribution in [0.5, 0.6) is 0 Å². The van der Waals surface area contributed by atoms with Crippen LogP contribution in [0.1, 0.15) is 86.7 Å². The van der Waals surface area contributed by atoms with E-state index in [9.17, 15) is 15.0 Å². The van der Waals surface area contributed by atoms with Gasteiger partial charge in [-0.3, -0.25) is 0 Å². The molecule has 3 nitrogen and oxygen atoms in total. The predicted molar refractivity (Wildman–Crippen MR) is 95.5 cm³/mol. The van der Waals surface area contributed by atoms with E-state index >= 15 is 0 Å². The maximum atomic E-state index is 11.3. The van der Waals surface area contributed by atoms with Crippen molar-refractivity contribution in [1.82, 2.24) is 0 Å².